The Morgan fingerprint density at radius 1 is 1.31 bits per heavy atom. The average molecular weight is 361 g/mol. The summed E-state index contributed by atoms with van der Waals surface area (Å²) >= 11 is 0. The Labute approximate surface area is 150 Å². The van der Waals surface area contributed by atoms with Crippen molar-refractivity contribution in [1.29, 1.82) is 0 Å². The Bertz CT molecular complexity index is 801. The second-order valence-electron chi connectivity index (χ2n) is 6.30. The molecule has 1 saturated heterocycles. The molecule has 2 aromatic rings. The molecule has 0 N–H and O–H groups in total. The lowest BCUT2D eigenvalue weighted by molar-refractivity contribution is -0.385. The highest BCUT2D eigenvalue weighted by Crippen LogP contribution is 2.17. The van der Waals surface area contributed by atoms with Gasteiger partial charge in [0.25, 0.3) is 0 Å². The van der Waals surface area contributed by atoms with Crippen LogP contribution in [0.4, 0.5) is 10.1 Å². The van der Waals surface area contributed by atoms with Gasteiger partial charge in [0.2, 0.25) is 5.91 Å². The number of nitro groups is 1. The largest absolute Gasteiger partial charge is 0.338 e. The van der Waals surface area contributed by atoms with E-state index < -0.39 is 11.0 Å². The van der Waals surface area contributed by atoms with Crippen LogP contribution in [0.3, 0.4) is 0 Å². The SMILES string of the molecule is CC(C(=O)N1CCN(Cc2ccccc2F)CC1)n1cc([N+](=O)[O-])cn1. The summed E-state index contributed by atoms with van der Waals surface area (Å²) < 4.78 is 15.1. The normalized spacial score (nSPS) is 16.5. The molecule has 0 spiro atoms. The molecule has 1 aliphatic rings. The number of piperazine rings is 1. The number of nitrogens with zero attached hydrogens (tertiary/aromatic N) is 5. The van der Waals surface area contributed by atoms with Crippen molar-refractivity contribution in [2.75, 3.05) is 26.2 Å². The van der Waals surface area contributed by atoms with Crippen LogP contribution in [-0.2, 0) is 11.3 Å². The van der Waals surface area contributed by atoms with E-state index >= 15 is 0 Å². The Hall–Kier alpha value is -2.81. The zero-order valence-corrected chi connectivity index (χ0v) is 14.4. The monoisotopic (exact) mass is 361 g/mol. The number of carbonyl (C=O) groups excluding carboxylic acids is 1. The first-order valence-electron chi connectivity index (χ1n) is 8.39. The third-order valence-corrected chi connectivity index (χ3v) is 4.59. The van der Waals surface area contributed by atoms with Crippen LogP contribution in [-0.4, -0.2) is 56.6 Å². The minimum Gasteiger partial charge on any atom is -0.338 e. The molecule has 9 heteroatoms. The summed E-state index contributed by atoms with van der Waals surface area (Å²) in [5.74, 6) is -0.353. The van der Waals surface area contributed by atoms with Crippen molar-refractivity contribution < 1.29 is 14.1 Å². The number of amides is 1. The van der Waals surface area contributed by atoms with E-state index in [-0.39, 0.29) is 17.4 Å². The van der Waals surface area contributed by atoms with Crippen molar-refractivity contribution in [3.05, 3.63) is 58.2 Å². The zero-order valence-electron chi connectivity index (χ0n) is 14.4. The van der Waals surface area contributed by atoms with Gasteiger partial charge in [0.15, 0.2) is 0 Å². The first-order chi connectivity index (χ1) is 12.5. The summed E-state index contributed by atoms with van der Waals surface area (Å²) in [6.45, 7) is 4.53. The van der Waals surface area contributed by atoms with Crippen LogP contribution in [0.1, 0.15) is 18.5 Å². The molecule has 0 saturated carbocycles. The van der Waals surface area contributed by atoms with E-state index in [1.54, 1.807) is 24.0 Å². The molecular formula is C17H20FN5O3. The van der Waals surface area contributed by atoms with Crippen molar-refractivity contribution in [2.45, 2.75) is 19.5 Å². The van der Waals surface area contributed by atoms with Gasteiger partial charge in [-0.1, -0.05) is 18.2 Å². The predicted molar refractivity (Wildman–Crippen MR) is 91.8 cm³/mol. The molecule has 1 amide bonds. The standard InChI is InChI=1S/C17H20FN5O3/c1-13(22-12-15(10-19-22)23(25)26)17(24)21-8-6-20(7-9-21)11-14-4-2-3-5-16(14)18/h2-5,10,12-13H,6-9,11H2,1H3. The number of aromatic nitrogens is 2. The summed E-state index contributed by atoms with van der Waals surface area (Å²) in [5.41, 5.74) is 0.504. The Morgan fingerprint density at radius 3 is 2.62 bits per heavy atom. The number of carbonyl (C=O) groups is 1. The average Bonchev–Trinajstić information content (AvgIpc) is 3.13. The molecule has 1 aromatic heterocycles. The van der Waals surface area contributed by atoms with Crippen molar-refractivity contribution in [2.24, 2.45) is 0 Å². The van der Waals surface area contributed by atoms with Gasteiger partial charge in [-0.15, -0.1) is 0 Å². The molecule has 1 atom stereocenters. The number of hydrogen-bond acceptors (Lipinski definition) is 5. The van der Waals surface area contributed by atoms with Crippen LogP contribution in [0.25, 0.3) is 0 Å². The van der Waals surface area contributed by atoms with E-state index in [4.69, 9.17) is 0 Å². The van der Waals surface area contributed by atoms with E-state index in [0.717, 1.165) is 6.20 Å². The fourth-order valence-electron chi connectivity index (χ4n) is 3.01. The van der Waals surface area contributed by atoms with Crippen LogP contribution in [0, 0.1) is 15.9 Å². The molecular weight excluding hydrogens is 341 g/mol. The summed E-state index contributed by atoms with van der Waals surface area (Å²) in [5, 5.41) is 14.7. The molecule has 0 bridgehead atoms. The molecule has 1 aliphatic heterocycles. The van der Waals surface area contributed by atoms with E-state index in [0.29, 0.717) is 38.3 Å². The number of rotatable bonds is 5. The molecule has 1 fully saturated rings. The Kier molecular flexibility index (Phi) is 5.27. The number of benzene rings is 1. The van der Waals surface area contributed by atoms with Gasteiger partial charge in [-0.2, -0.15) is 5.10 Å². The fourth-order valence-corrected chi connectivity index (χ4v) is 3.01. The third kappa shape index (κ3) is 3.88. The van der Waals surface area contributed by atoms with Gasteiger partial charge >= 0.3 is 5.69 Å². The molecule has 0 aliphatic carbocycles. The lowest BCUT2D eigenvalue weighted by Gasteiger charge is -2.36. The van der Waals surface area contributed by atoms with Crippen molar-refractivity contribution in [3.63, 3.8) is 0 Å². The lowest BCUT2D eigenvalue weighted by Crippen LogP contribution is -2.50. The van der Waals surface area contributed by atoms with Crippen molar-refractivity contribution in [3.8, 4) is 0 Å². The first kappa shape index (κ1) is 18.0. The van der Waals surface area contributed by atoms with Crippen molar-refractivity contribution >= 4 is 11.6 Å². The topological polar surface area (TPSA) is 84.5 Å². The van der Waals surface area contributed by atoms with E-state index in [9.17, 15) is 19.3 Å². The molecule has 3 rings (SSSR count). The molecule has 26 heavy (non-hydrogen) atoms. The highest BCUT2D eigenvalue weighted by molar-refractivity contribution is 5.80. The zero-order chi connectivity index (χ0) is 18.7. The summed E-state index contributed by atoms with van der Waals surface area (Å²) in [4.78, 5) is 26.6. The molecule has 1 unspecified atom stereocenters. The quantitative estimate of drug-likeness (QED) is 0.599. The Balaban J connectivity index is 1.56. The van der Waals surface area contributed by atoms with Gasteiger partial charge in [-0.25, -0.2) is 4.39 Å². The van der Waals surface area contributed by atoms with E-state index in [2.05, 4.69) is 10.00 Å². The van der Waals surface area contributed by atoms with Gasteiger partial charge in [0.05, 0.1) is 4.92 Å². The molecule has 2 heterocycles. The molecule has 1 aromatic carbocycles. The molecule has 0 radical (unpaired) electrons. The van der Waals surface area contributed by atoms with Crippen LogP contribution in [0.2, 0.25) is 0 Å². The van der Waals surface area contributed by atoms with Crippen LogP contribution < -0.4 is 0 Å². The Morgan fingerprint density at radius 2 is 2.00 bits per heavy atom. The first-order valence-corrected chi connectivity index (χ1v) is 8.39. The van der Waals surface area contributed by atoms with Crippen LogP contribution >= 0.6 is 0 Å². The minimum atomic E-state index is -0.609. The van der Waals surface area contributed by atoms with Gasteiger partial charge < -0.3 is 4.90 Å². The predicted octanol–water partition coefficient (Wildman–Crippen LogP) is 1.84. The second-order valence-corrected chi connectivity index (χ2v) is 6.30. The maximum absolute atomic E-state index is 13.8. The lowest BCUT2D eigenvalue weighted by atomic mass is 10.1. The van der Waals surface area contributed by atoms with E-state index in [1.165, 1.54) is 16.9 Å². The number of hydrogen-bond donors (Lipinski definition) is 0. The van der Waals surface area contributed by atoms with Gasteiger partial charge in [0.1, 0.15) is 24.3 Å². The highest BCUT2D eigenvalue weighted by Gasteiger charge is 2.27. The maximum atomic E-state index is 13.8. The summed E-state index contributed by atoms with van der Waals surface area (Å²) in [7, 11) is 0. The van der Waals surface area contributed by atoms with E-state index in [1.807, 2.05) is 6.07 Å². The molecule has 8 nitrogen and oxygen atoms in total. The van der Waals surface area contributed by atoms with Crippen LogP contribution in [0.15, 0.2) is 36.7 Å². The van der Waals surface area contributed by atoms with Crippen molar-refractivity contribution in [1.82, 2.24) is 19.6 Å². The fraction of sp³-hybridized carbons (Fsp3) is 0.412. The molecule has 138 valence electrons. The minimum absolute atomic E-state index is 0.131. The smallest absolute Gasteiger partial charge is 0.307 e. The second kappa shape index (κ2) is 7.61. The highest BCUT2D eigenvalue weighted by atomic mass is 19.1. The van der Waals surface area contributed by atoms with Gasteiger partial charge in [0, 0.05) is 38.3 Å². The van der Waals surface area contributed by atoms with Crippen LogP contribution in [0.5, 0.6) is 0 Å². The third-order valence-electron chi connectivity index (χ3n) is 4.59. The number of halogens is 1. The maximum Gasteiger partial charge on any atom is 0.307 e. The van der Waals surface area contributed by atoms with Gasteiger partial charge in [-0.3, -0.25) is 24.5 Å². The summed E-state index contributed by atoms with van der Waals surface area (Å²) in [6.07, 6.45) is 2.40. The summed E-state index contributed by atoms with van der Waals surface area (Å²) in [6, 6.07) is 6.07. The van der Waals surface area contributed by atoms with Gasteiger partial charge in [-0.05, 0) is 13.0 Å².